The molecular weight excluding hydrogens is 288 g/mol. The van der Waals surface area contributed by atoms with Gasteiger partial charge in [0.1, 0.15) is 5.60 Å². The smallest absolute Gasteiger partial charge is 0.410 e. The van der Waals surface area contributed by atoms with Crippen molar-refractivity contribution in [1.82, 2.24) is 9.88 Å². The minimum atomic E-state index is -0.513. The number of nitrogens with zero attached hydrogens (tertiary/aromatic N) is 2. The lowest BCUT2D eigenvalue weighted by molar-refractivity contribution is 0.00948. The monoisotopic (exact) mass is 310 g/mol. The van der Waals surface area contributed by atoms with Crippen LogP contribution in [0.25, 0.3) is 0 Å². The Morgan fingerprint density at radius 3 is 2.81 bits per heavy atom. The third-order valence-corrected chi connectivity index (χ3v) is 4.20. The molecule has 5 nitrogen and oxygen atoms in total. The van der Waals surface area contributed by atoms with Crippen molar-refractivity contribution in [3.63, 3.8) is 0 Å². The van der Waals surface area contributed by atoms with Crippen LogP contribution < -0.4 is 0 Å². The van der Waals surface area contributed by atoms with Crippen LogP contribution in [0.3, 0.4) is 0 Å². The Bertz CT molecular complexity index is 494. The molecule has 2 heterocycles. The fraction of sp³-hybridized carbons (Fsp3) is 0.667. The number of Topliss-reactive ketones (excluding diaryl/α,β-unsaturated/α-hetero) is 1. The van der Waals surface area contributed by atoms with Gasteiger partial charge in [-0.05, 0) is 40.0 Å². The van der Waals surface area contributed by atoms with E-state index in [2.05, 4.69) is 4.98 Å². The maximum absolute atomic E-state index is 12.3. The fourth-order valence-corrected chi connectivity index (χ4v) is 3.01. The minimum Gasteiger partial charge on any atom is -0.444 e. The molecule has 0 radical (unpaired) electrons. The third-order valence-electron chi connectivity index (χ3n) is 3.38. The van der Waals surface area contributed by atoms with Crippen LogP contribution in [-0.2, 0) is 4.74 Å². The second kappa shape index (κ2) is 6.56. The summed E-state index contributed by atoms with van der Waals surface area (Å²) < 4.78 is 5.45. The Hall–Kier alpha value is -1.43. The van der Waals surface area contributed by atoms with E-state index in [1.807, 2.05) is 20.8 Å². The Morgan fingerprint density at radius 1 is 1.43 bits per heavy atom. The number of amides is 1. The van der Waals surface area contributed by atoms with Gasteiger partial charge in [-0.2, -0.15) is 0 Å². The molecule has 0 N–H and O–H groups in total. The number of aromatic nitrogens is 1. The molecule has 1 fully saturated rings. The minimum absolute atomic E-state index is 0.0537. The maximum atomic E-state index is 12.3. The van der Waals surface area contributed by atoms with E-state index < -0.39 is 5.60 Å². The first-order valence-corrected chi connectivity index (χ1v) is 8.16. The lowest BCUT2D eigenvalue weighted by atomic mass is 9.97. The van der Waals surface area contributed by atoms with Gasteiger partial charge in [-0.25, -0.2) is 4.79 Å². The van der Waals surface area contributed by atoms with Crippen LogP contribution in [-0.4, -0.2) is 39.9 Å². The van der Waals surface area contributed by atoms with Gasteiger partial charge in [0.05, 0.1) is 10.4 Å². The highest BCUT2D eigenvalue weighted by Gasteiger charge is 2.32. The molecule has 1 amide bonds. The number of ether oxygens (including phenoxy) is 1. The van der Waals surface area contributed by atoms with E-state index >= 15 is 0 Å². The van der Waals surface area contributed by atoms with E-state index in [4.69, 9.17) is 4.74 Å². The number of thiazole rings is 1. The number of carbonyl (C=O) groups excluding carboxylic acids is 2. The largest absolute Gasteiger partial charge is 0.444 e. The number of carbonyl (C=O) groups is 2. The predicted molar refractivity (Wildman–Crippen MR) is 81.6 cm³/mol. The standard InChI is InChI=1S/C15H22N2O3S/c1-15(2,3)20-14(19)17-7-5-4-6-11(17)8-12(18)13-9-16-10-21-13/h9-11H,4-8H2,1-3H3. The number of ketones is 1. The molecular formula is C15H22N2O3S. The van der Waals surface area contributed by atoms with Gasteiger partial charge < -0.3 is 9.64 Å². The first-order valence-electron chi connectivity index (χ1n) is 7.28. The van der Waals surface area contributed by atoms with Crippen molar-refractivity contribution in [1.29, 1.82) is 0 Å². The predicted octanol–water partition coefficient (Wildman–Crippen LogP) is 3.51. The van der Waals surface area contributed by atoms with Gasteiger partial charge in [0.2, 0.25) is 0 Å². The topological polar surface area (TPSA) is 59.5 Å². The Morgan fingerprint density at radius 2 is 2.19 bits per heavy atom. The van der Waals surface area contributed by atoms with Crippen molar-refractivity contribution in [3.8, 4) is 0 Å². The quantitative estimate of drug-likeness (QED) is 0.802. The average Bonchev–Trinajstić information content (AvgIpc) is 2.91. The highest BCUT2D eigenvalue weighted by Crippen LogP contribution is 2.24. The summed E-state index contributed by atoms with van der Waals surface area (Å²) in [6.07, 6.45) is 4.48. The fourth-order valence-electron chi connectivity index (χ4n) is 2.44. The number of hydrogen-bond acceptors (Lipinski definition) is 5. The number of rotatable bonds is 3. The van der Waals surface area contributed by atoms with Crippen molar-refractivity contribution >= 4 is 23.2 Å². The summed E-state index contributed by atoms with van der Waals surface area (Å²) in [5.41, 5.74) is 1.14. The molecule has 0 spiro atoms. The highest BCUT2D eigenvalue weighted by molar-refractivity contribution is 7.11. The molecule has 1 saturated heterocycles. The Kier molecular flexibility index (Phi) is 4.98. The molecule has 1 aliphatic heterocycles. The maximum Gasteiger partial charge on any atom is 0.410 e. The molecule has 6 heteroatoms. The molecule has 1 atom stereocenters. The van der Waals surface area contributed by atoms with Crippen molar-refractivity contribution in [2.45, 2.75) is 58.1 Å². The van der Waals surface area contributed by atoms with Crippen LogP contribution in [0, 0.1) is 0 Å². The summed E-state index contributed by atoms with van der Waals surface area (Å²) >= 11 is 1.34. The first-order chi connectivity index (χ1) is 9.87. The van der Waals surface area contributed by atoms with Gasteiger partial charge >= 0.3 is 6.09 Å². The van der Waals surface area contributed by atoms with Crippen molar-refractivity contribution in [2.75, 3.05) is 6.54 Å². The molecule has 1 aromatic heterocycles. The second-order valence-corrected chi connectivity index (χ2v) is 7.20. The number of hydrogen-bond donors (Lipinski definition) is 0. The molecule has 0 aliphatic carbocycles. The molecule has 1 unspecified atom stereocenters. The van der Waals surface area contributed by atoms with E-state index in [-0.39, 0.29) is 17.9 Å². The van der Waals surface area contributed by atoms with Crippen LogP contribution in [0.15, 0.2) is 11.7 Å². The molecule has 21 heavy (non-hydrogen) atoms. The summed E-state index contributed by atoms with van der Waals surface area (Å²) in [5.74, 6) is 0.0537. The van der Waals surface area contributed by atoms with Gasteiger partial charge in [0.15, 0.2) is 5.78 Å². The average molecular weight is 310 g/mol. The zero-order chi connectivity index (χ0) is 15.5. The lowest BCUT2D eigenvalue weighted by Gasteiger charge is -2.36. The number of likely N-dealkylation sites (tertiary alicyclic amines) is 1. The van der Waals surface area contributed by atoms with Crippen LogP contribution in [0.5, 0.6) is 0 Å². The summed E-state index contributed by atoms with van der Waals surface area (Å²) in [7, 11) is 0. The van der Waals surface area contributed by atoms with E-state index in [9.17, 15) is 9.59 Å². The van der Waals surface area contributed by atoms with Gasteiger partial charge in [-0.3, -0.25) is 9.78 Å². The van der Waals surface area contributed by atoms with Crippen molar-refractivity contribution in [2.24, 2.45) is 0 Å². The lowest BCUT2D eigenvalue weighted by Crippen LogP contribution is -2.46. The van der Waals surface area contributed by atoms with E-state index in [0.29, 0.717) is 17.8 Å². The van der Waals surface area contributed by atoms with Crippen molar-refractivity contribution in [3.05, 3.63) is 16.6 Å². The molecule has 0 saturated carbocycles. The molecule has 1 aliphatic rings. The van der Waals surface area contributed by atoms with E-state index in [1.165, 1.54) is 11.3 Å². The van der Waals surface area contributed by atoms with Gasteiger partial charge in [0.25, 0.3) is 0 Å². The van der Waals surface area contributed by atoms with Crippen LogP contribution in [0.1, 0.15) is 56.1 Å². The zero-order valence-electron chi connectivity index (χ0n) is 12.8. The summed E-state index contributed by atoms with van der Waals surface area (Å²) in [4.78, 5) is 30.8. The molecule has 0 bridgehead atoms. The van der Waals surface area contributed by atoms with Crippen LogP contribution in [0.4, 0.5) is 4.79 Å². The van der Waals surface area contributed by atoms with Crippen LogP contribution >= 0.6 is 11.3 Å². The van der Waals surface area contributed by atoms with Crippen LogP contribution in [0.2, 0.25) is 0 Å². The molecule has 116 valence electrons. The SMILES string of the molecule is CC(C)(C)OC(=O)N1CCCCC1CC(=O)c1cncs1. The van der Waals surface area contributed by atoms with E-state index in [0.717, 1.165) is 19.3 Å². The van der Waals surface area contributed by atoms with Crippen molar-refractivity contribution < 1.29 is 14.3 Å². The molecule has 1 aromatic rings. The summed E-state index contributed by atoms with van der Waals surface area (Å²) in [6, 6.07) is -0.0665. The van der Waals surface area contributed by atoms with Gasteiger partial charge in [-0.15, -0.1) is 11.3 Å². The van der Waals surface area contributed by atoms with E-state index in [1.54, 1.807) is 16.6 Å². The molecule has 0 aromatic carbocycles. The zero-order valence-corrected chi connectivity index (χ0v) is 13.6. The van der Waals surface area contributed by atoms with Gasteiger partial charge in [-0.1, -0.05) is 0 Å². The summed E-state index contributed by atoms with van der Waals surface area (Å²) in [6.45, 7) is 6.22. The summed E-state index contributed by atoms with van der Waals surface area (Å²) in [5, 5.41) is 0. The normalized spacial score (nSPS) is 19.4. The molecule has 2 rings (SSSR count). The Balaban J connectivity index is 2.02. The van der Waals surface area contributed by atoms with Gasteiger partial charge in [0, 0.05) is 25.2 Å². The number of piperidine rings is 1. The highest BCUT2D eigenvalue weighted by atomic mass is 32.1. The third kappa shape index (κ3) is 4.52. The Labute approximate surface area is 129 Å². The first kappa shape index (κ1) is 15.9. The second-order valence-electron chi connectivity index (χ2n) is 6.32.